The van der Waals surface area contributed by atoms with E-state index in [-0.39, 0.29) is 24.8 Å². The molecule has 0 atom stereocenters. The van der Waals surface area contributed by atoms with Crippen LogP contribution in [-0.2, 0) is 32.6 Å². The first-order valence-electron chi connectivity index (χ1n) is 8.39. The second kappa shape index (κ2) is 8.28. The van der Waals surface area contributed by atoms with E-state index in [9.17, 15) is 18.0 Å². The second-order valence-corrected chi connectivity index (χ2v) is 7.63. The monoisotopic (exact) mass is 405 g/mol. The van der Waals surface area contributed by atoms with Crippen molar-refractivity contribution in [2.45, 2.75) is 17.9 Å². The maximum Gasteiger partial charge on any atom is 0.309 e. The lowest BCUT2D eigenvalue weighted by Crippen LogP contribution is -2.40. The van der Waals surface area contributed by atoms with Crippen LogP contribution in [-0.4, -0.2) is 33.6 Å². The van der Waals surface area contributed by atoms with E-state index < -0.39 is 21.8 Å². The van der Waals surface area contributed by atoms with E-state index in [2.05, 4.69) is 10.6 Å². The summed E-state index contributed by atoms with van der Waals surface area (Å²) < 4.78 is 32.9. The number of benzene rings is 2. The van der Waals surface area contributed by atoms with Gasteiger partial charge in [0.2, 0.25) is 16.8 Å². The van der Waals surface area contributed by atoms with Crippen LogP contribution in [0.4, 0.5) is 0 Å². The van der Waals surface area contributed by atoms with Crippen LogP contribution in [0.5, 0.6) is 11.5 Å². The van der Waals surface area contributed by atoms with Gasteiger partial charge in [-0.2, -0.15) is 0 Å². The lowest BCUT2D eigenvalue weighted by molar-refractivity contribution is -0.139. The first-order valence-corrected chi connectivity index (χ1v) is 9.94. The summed E-state index contributed by atoms with van der Waals surface area (Å²) >= 11 is 0. The van der Waals surface area contributed by atoms with E-state index in [0.29, 0.717) is 17.9 Å². The lowest BCUT2D eigenvalue weighted by atomic mass is 10.1. The Bertz CT molecular complexity index is 989. The number of fused-ring (bicyclic) bond motifs is 1. The van der Waals surface area contributed by atoms with E-state index >= 15 is 0 Å². The first-order chi connectivity index (χ1) is 13.3. The minimum atomic E-state index is -3.73. The Hall–Kier alpha value is -3.11. The third-order valence-electron chi connectivity index (χ3n) is 4.05. The molecule has 3 rings (SSSR count). The van der Waals surface area contributed by atoms with Gasteiger partial charge in [-0.25, -0.2) is 13.6 Å². The molecule has 1 heterocycles. The van der Waals surface area contributed by atoms with E-state index in [0.717, 1.165) is 11.1 Å². The molecule has 0 saturated carbocycles. The van der Waals surface area contributed by atoms with Crippen molar-refractivity contribution in [2.75, 3.05) is 13.3 Å². The largest absolute Gasteiger partial charge is 0.454 e. The molecule has 148 valence electrons. The number of carbonyl (C=O) groups excluding carboxylic acids is 2. The molecule has 2 amide bonds. The van der Waals surface area contributed by atoms with Crippen molar-refractivity contribution >= 4 is 21.8 Å². The Labute approximate surface area is 161 Å². The predicted molar refractivity (Wildman–Crippen MR) is 98.9 cm³/mol. The molecule has 28 heavy (non-hydrogen) atoms. The molecular weight excluding hydrogens is 386 g/mol. The van der Waals surface area contributed by atoms with Gasteiger partial charge >= 0.3 is 11.8 Å². The minimum Gasteiger partial charge on any atom is -0.454 e. The van der Waals surface area contributed by atoms with Crippen molar-refractivity contribution in [1.82, 2.24) is 10.6 Å². The Balaban J connectivity index is 1.42. The molecular formula is C18H19N3O6S. The third-order valence-corrected chi connectivity index (χ3v) is 4.98. The number of sulfonamides is 1. The zero-order chi connectivity index (χ0) is 20.1. The summed E-state index contributed by atoms with van der Waals surface area (Å²) in [6.45, 7) is 0.571. The average Bonchev–Trinajstić information content (AvgIpc) is 3.13. The normalized spacial score (nSPS) is 12.5. The molecule has 1 aliphatic heterocycles. The summed E-state index contributed by atoms with van der Waals surface area (Å²) in [5, 5.41) is 10.1. The Morgan fingerprint density at radius 3 is 2.29 bits per heavy atom. The molecule has 0 aromatic heterocycles. The van der Waals surface area contributed by atoms with Gasteiger partial charge < -0.3 is 20.1 Å². The number of carbonyl (C=O) groups is 2. The average molecular weight is 405 g/mol. The van der Waals surface area contributed by atoms with Crippen molar-refractivity contribution in [3.8, 4) is 11.5 Å². The molecule has 9 nitrogen and oxygen atoms in total. The number of rotatable bonds is 6. The van der Waals surface area contributed by atoms with E-state index in [1.54, 1.807) is 30.3 Å². The van der Waals surface area contributed by atoms with Gasteiger partial charge in [0.25, 0.3) is 0 Å². The number of primary sulfonamides is 1. The first kappa shape index (κ1) is 19.6. The van der Waals surface area contributed by atoms with Crippen LogP contribution >= 0.6 is 0 Å². The molecule has 0 aliphatic carbocycles. The summed E-state index contributed by atoms with van der Waals surface area (Å²) in [6, 6.07) is 11.3. The van der Waals surface area contributed by atoms with Gasteiger partial charge in [0.15, 0.2) is 11.5 Å². The smallest absolute Gasteiger partial charge is 0.309 e. The van der Waals surface area contributed by atoms with E-state index in [1.165, 1.54) is 12.1 Å². The van der Waals surface area contributed by atoms with Crippen LogP contribution < -0.4 is 25.2 Å². The maximum absolute atomic E-state index is 11.9. The van der Waals surface area contributed by atoms with Crippen LogP contribution in [0.25, 0.3) is 0 Å². The summed E-state index contributed by atoms with van der Waals surface area (Å²) in [7, 11) is -3.73. The number of nitrogens with one attached hydrogen (secondary N) is 2. The lowest BCUT2D eigenvalue weighted by Gasteiger charge is -2.08. The number of amides is 2. The van der Waals surface area contributed by atoms with Crippen LogP contribution in [0.2, 0.25) is 0 Å². The van der Waals surface area contributed by atoms with Crippen molar-refractivity contribution in [2.24, 2.45) is 5.14 Å². The van der Waals surface area contributed by atoms with Gasteiger partial charge in [0.05, 0.1) is 4.90 Å². The van der Waals surface area contributed by atoms with Gasteiger partial charge in [-0.15, -0.1) is 0 Å². The zero-order valence-electron chi connectivity index (χ0n) is 14.8. The zero-order valence-corrected chi connectivity index (χ0v) is 15.6. The fourth-order valence-electron chi connectivity index (χ4n) is 2.56. The van der Waals surface area contributed by atoms with Crippen LogP contribution in [0.1, 0.15) is 11.1 Å². The van der Waals surface area contributed by atoms with Crippen molar-refractivity contribution in [3.05, 3.63) is 53.6 Å². The second-order valence-electron chi connectivity index (χ2n) is 6.07. The molecule has 0 fully saturated rings. The Kier molecular flexibility index (Phi) is 5.81. The molecule has 0 unspecified atom stereocenters. The fourth-order valence-corrected chi connectivity index (χ4v) is 3.08. The van der Waals surface area contributed by atoms with Crippen molar-refractivity contribution in [1.29, 1.82) is 0 Å². The topological polar surface area (TPSA) is 137 Å². The molecule has 0 saturated heterocycles. The molecule has 4 N–H and O–H groups in total. The van der Waals surface area contributed by atoms with Gasteiger partial charge in [-0.1, -0.05) is 18.2 Å². The van der Waals surface area contributed by atoms with Gasteiger partial charge in [0, 0.05) is 13.1 Å². The fraction of sp³-hybridized carbons (Fsp3) is 0.222. The molecule has 2 aromatic rings. The number of ether oxygens (including phenoxy) is 2. The van der Waals surface area contributed by atoms with Crippen LogP contribution in [0.15, 0.2) is 47.4 Å². The summed E-state index contributed by atoms with van der Waals surface area (Å²) in [4.78, 5) is 23.8. The quantitative estimate of drug-likeness (QED) is 0.580. The SMILES string of the molecule is NS(=O)(=O)c1ccc(CCNC(=O)C(=O)NCc2ccc3c(c2)OCO3)cc1. The van der Waals surface area contributed by atoms with Gasteiger partial charge in [-0.05, 0) is 41.8 Å². The highest BCUT2D eigenvalue weighted by molar-refractivity contribution is 7.89. The van der Waals surface area contributed by atoms with Crippen molar-refractivity contribution in [3.63, 3.8) is 0 Å². The highest BCUT2D eigenvalue weighted by atomic mass is 32.2. The van der Waals surface area contributed by atoms with Gasteiger partial charge in [-0.3, -0.25) is 9.59 Å². The standard InChI is InChI=1S/C18H19N3O6S/c19-28(24,25)14-4-1-12(2-5-14)7-8-20-17(22)18(23)21-10-13-3-6-15-16(9-13)27-11-26-15/h1-6,9H,7-8,10-11H2,(H,20,22)(H,21,23)(H2,19,24,25). The third kappa shape index (κ3) is 4.99. The maximum atomic E-state index is 11.9. The predicted octanol–water partition coefficient (Wildman–Crippen LogP) is 0.0378. The number of nitrogens with two attached hydrogens (primary N) is 1. The summed E-state index contributed by atoms with van der Waals surface area (Å²) in [6.07, 6.45) is 0.437. The molecule has 0 bridgehead atoms. The van der Waals surface area contributed by atoms with Crippen LogP contribution in [0, 0.1) is 0 Å². The molecule has 0 spiro atoms. The Morgan fingerprint density at radius 2 is 1.57 bits per heavy atom. The van der Waals surface area contributed by atoms with Crippen molar-refractivity contribution < 1.29 is 27.5 Å². The van der Waals surface area contributed by atoms with Gasteiger partial charge in [0.1, 0.15) is 0 Å². The number of hydrogen-bond acceptors (Lipinski definition) is 6. The molecule has 10 heteroatoms. The summed E-state index contributed by atoms with van der Waals surface area (Å²) in [5.41, 5.74) is 1.58. The van der Waals surface area contributed by atoms with Crippen LogP contribution in [0.3, 0.4) is 0 Å². The minimum absolute atomic E-state index is 0.0168. The number of hydrogen-bond donors (Lipinski definition) is 3. The van der Waals surface area contributed by atoms with E-state index in [4.69, 9.17) is 14.6 Å². The highest BCUT2D eigenvalue weighted by Gasteiger charge is 2.15. The molecule has 0 radical (unpaired) electrons. The van der Waals surface area contributed by atoms with E-state index in [1.807, 2.05) is 0 Å². The summed E-state index contributed by atoms with van der Waals surface area (Å²) in [5.74, 6) is -0.251. The molecule has 2 aromatic carbocycles. The highest BCUT2D eigenvalue weighted by Crippen LogP contribution is 2.32. The Morgan fingerprint density at radius 1 is 0.929 bits per heavy atom. The molecule has 1 aliphatic rings.